The lowest BCUT2D eigenvalue weighted by molar-refractivity contribution is -0.138. The quantitative estimate of drug-likeness (QED) is 0.742. The molecule has 1 aromatic carbocycles. The van der Waals surface area contributed by atoms with E-state index in [-0.39, 0.29) is 36.2 Å². The molecule has 2 saturated heterocycles. The van der Waals surface area contributed by atoms with E-state index in [0.29, 0.717) is 19.6 Å². The Hall–Kier alpha value is -1.56. The fourth-order valence-corrected chi connectivity index (χ4v) is 5.49. The summed E-state index contributed by atoms with van der Waals surface area (Å²) in [6.07, 6.45) is 0.544. The summed E-state index contributed by atoms with van der Waals surface area (Å²) in [5.41, 5.74) is 1.12. The first kappa shape index (κ1) is 19.7. The normalized spacial score (nSPS) is 29.2. The van der Waals surface area contributed by atoms with Crippen LogP contribution in [0.25, 0.3) is 0 Å². The van der Waals surface area contributed by atoms with E-state index < -0.39 is 12.6 Å². The fraction of sp³-hybridized carbons (Fsp3) is 0.682. The maximum absolute atomic E-state index is 13.3. The molecule has 0 spiro atoms. The van der Waals surface area contributed by atoms with Gasteiger partial charge in [-0.05, 0) is 24.3 Å². The predicted molar refractivity (Wildman–Crippen MR) is 102 cm³/mol. The van der Waals surface area contributed by atoms with Gasteiger partial charge in [-0.2, -0.15) is 13.2 Å². The summed E-state index contributed by atoms with van der Waals surface area (Å²) < 4.78 is 37.9. The molecule has 154 valence electrons. The smallest absolute Gasteiger partial charge is 0.335 e. The van der Waals surface area contributed by atoms with Crippen molar-refractivity contribution in [3.05, 3.63) is 35.9 Å². The number of fused-ring (bicyclic) bond motifs is 1. The summed E-state index contributed by atoms with van der Waals surface area (Å²) >= 11 is 0. The zero-order chi connectivity index (χ0) is 19.7. The molecule has 0 unspecified atom stereocenters. The predicted octanol–water partition coefficient (Wildman–Crippen LogP) is 4.65. The molecule has 0 bridgehead atoms. The summed E-state index contributed by atoms with van der Waals surface area (Å²) in [6, 6.07) is 10.1. The van der Waals surface area contributed by atoms with Crippen LogP contribution in [0.3, 0.4) is 0 Å². The van der Waals surface area contributed by atoms with Crippen LogP contribution in [-0.4, -0.2) is 48.1 Å². The molecular weight excluding hydrogens is 365 g/mol. The molecule has 6 heteroatoms. The Morgan fingerprint density at radius 3 is 2.39 bits per heavy atom. The van der Waals surface area contributed by atoms with Crippen molar-refractivity contribution in [1.29, 1.82) is 0 Å². The molecule has 3 aliphatic rings. The van der Waals surface area contributed by atoms with Gasteiger partial charge in [-0.3, -0.25) is 4.79 Å². The molecule has 28 heavy (non-hydrogen) atoms. The number of carbonyl (C=O) groups excluding carboxylic acids is 1. The van der Waals surface area contributed by atoms with E-state index in [4.69, 9.17) is 0 Å². The number of amides is 1. The lowest BCUT2D eigenvalue weighted by atomic mass is 9.87. The van der Waals surface area contributed by atoms with Gasteiger partial charge < -0.3 is 9.80 Å². The van der Waals surface area contributed by atoms with Crippen molar-refractivity contribution in [1.82, 2.24) is 9.80 Å². The summed E-state index contributed by atoms with van der Waals surface area (Å²) in [5, 5.41) is 0. The zero-order valence-corrected chi connectivity index (χ0v) is 16.2. The number of hydrogen-bond donors (Lipinski definition) is 0. The molecule has 3 atom stereocenters. The number of alkyl halides is 3. The molecule has 1 aliphatic carbocycles. The van der Waals surface area contributed by atoms with Gasteiger partial charge >= 0.3 is 6.18 Å². The molecule has 2 heterocycles. The molecule has 1 saturated carbocycles. The van der Waals surface area contributed by atoms with Gasteiger partial charge in [0, 0.05) is 38.0 Å². The van der Waals surface area contributed by atoms with Crippen molar-refractivity contribution in [3.63, 3.8) is 0 Å². The lowest BCUT2D eigenvalue weighted by Crippen LogP contribution is -2.40. The van der Waals surface area contributed by atoms with Crippen LogP contribution >= 0.6 is 0 Å². The Balaban J connectivity index is 1.51. The van der Waals surface area contributed by atoms with E-state index >= 15 is 0 Å². The molecule has 0 radical (unpaired) electrons. The van der Waals surface area contributed by atoms with E-state index in [9.17, 15) is 18.0 Å². The lowest BCUT2D eigenvalue weighted by Gasteiger charge is -2.33. The van der Waals surface area contributed by atoms with Crippen molar-refractivity contribution < 1.29 is 18.0 Å². The average Bonchev–Trinajstić information content (AvgIpc) is 3.24. The molecular formula is C22H29F3N2O. The molecule has 2 aliphatic heterocycles. The van der Waals surface area contributed by atoms with Gasteiger partial charge in [0.25, 0.3) is 0 Å². The van der Waals surface area contributed by atoms with E-state index in [0.717, 1.165) is 31.2 Å². The Bertz CT molecular complexity index is 672. The van der Waals surface area contributed by atoms with Gasteiger partial charge in [-0.1, -0.05) is 49.6 Å². The molecule has 0 aromatic heterocycles. The summed E-state index contributed by atoms with van der Waals surface area (Å²) in [7, 11) is 0. The van der Waals surface area contributed by atoms with Gasteiger partial charge in [0.05, 0.1) is 12.5 Å². The molecule has 3 fully saturated rings. The minimum absolute atomic E-state index is 0.00323. The Morgan fingerprint density at radius 1 is 1.00 bits per heavy atom. The van der Waals surface area contributed by atoms with Crippen LogP contribution in [0, 0.1) is 17.8 Å². The van der Waals surface area contributed by atoms with Gasteiger partial charge in [-0.15, -0.1) is 0 Å². The SMILES string of the molecule is O=C(C1CCCCC1)N1C[C@@H]2CN(CCC(F)(F)F)C[C@@H]2[C@H]1c1ccccc1. The second kappa shape index (κ2) is 8.05. The second-order valence-corrected chi connectivity index (χ2v) is 8.73. The van der Waals surface area contributed by atoms with E-state index in [1.165, 1.54) is 6.42 Å². The third kappa shape index (κ3) is 4.22. The average molecular weight is 394 g/mol. The topological polar surface area (TPSA) is 23.6 Å². The van der Waals surface area contributed by atoms with Crippen LogP contribution in [0.4, 0.5) is 13.2 Å². The fourth-order valence-electron chi connectivity index (χ4n) is 5.49. The summed E-state index contributed by atoms with van der Waals surface area (Å²) in [5.74, 6) is 0.888. The minimum Gasteiger partial charge on any atom is -0.335 e. The molecule has 3 nitrogen and oxygen atoms in total. The van der Waals surface area contributed by atoms with Crippen LogP contribution in [0.15, 0.2) is 30.3 Å². The Labute approximate surface area is 164 Å². The highest BCUT2D eigenvalue weighted by molar-refractivity contribution is 5.80. The van der Waals surface area contributed by atoms with Crippen molar-refractivity contribution >= 4 is 5.91 Å². The van der Waals surface area contributed by atoms with Crippen molar-refractivity contribution in [2.75, 3.05) is 26.2 Å². The number of benzene rings is 1. The standard InChI is InChI=1S/C22H29F3N2O/c23-22(24,25)11-12-26-13-18-14-27(21(28)17-9-5-2-6-10-17)20(19(18)15-26)16-7-3-1-4-8-16/h1,3-4,7-8,17-20H,2,5-6,9-15H2/t18-,19-,20+/m0/s1. The van der Waals surface area contributed by atoms with Gasteiger partial charge in [0.2, 0.25) is 5.91 Å². The highest BCUT2D eigenvalue weighted by atomic mass is 19.4. The monoisotopic (exact) mass is 394 g/mol. The van der Waals surface area contributed by atoms with Gasteiger partial charge in [0.1, 0.15) is 0 Å². The van der Waals surface area contributed by atoms with Crippen molar-refractivity contribution in [3.8, 4) is 0 Å². The number of likely N-dealkylation sites (tertiary alicyclic amines) is 2. The van der Waals surface area contributed by atoms with Crippen LogP contribution in [0.2, 0.25) is 0 Å². The third-order valence-electron chi connectivity index (χ3n) is 6.83. The Morgan fingerprint density at radius 2 is 1.71 bits per heavy atom. The van der Waals surface area contributed by atoms with Gasteiger partial charge in [0.15, 0.2) is 0 Å². The van der Waals surface area contributed by atoms with Crippen LogP contribution in [-0.2, 0) is 4.79 Å². The highest BCUT2D eigenvalue weighted by Gasteiger charge is 2.50. The van der Waals surface area contributed by atoms with E-state index in [2.05, 4.69) is 17.0 Å². The first-order valence-electron chi connectivity index (χ1n) is 10.6. The highest BCUT2D eigenvalue weighted by Crippen LogP contribution is 2.46. The summed E-state index contributed by atoms with van der Waals surface area (Å²) in [4.78, 5) is 17.3. The van der Waals surface area contributed by atoms with Crippen molar-refractivity contribution in [2.45, 2.75) is 50.7 Å². The first-order chi connectivity index (χ1) is 13.4. The van der Waals surface area contributed by atoms with E-state index in [1.54, 1.807) is 0 Å². The molecule has 0 N–H and O–H groups in total. The van der Waals surface area contributed by atoms with Crippen LogP contribution < -0.4 is 0 Å². The molecule has 1 amide bonds. The Kier molecular flexibility index (Phi) is 5.68. The number of nitrogens with zero attached hydrogens (tertiary/aromatic N) is 2. The largest absolute Gasteiger partial charge is 0.390 e. The maximum atomic E-state index is 13.3. The van der Waals surface area contributed by atoms with Crippen LogP contribution in [0.1, 0.15) is 50.1 Å². The number of carbonyl (C=O) groups is 1. The number of hydrogen-bond acceptors (Lipinski definition) is 2. The zero-order valence-electron chi connectivity index (χ0n) is 16.2. The number of rotatable bonds is 4. The van der Waals surface area contributed by atoms with Crippen LogP contribution in [0.5, 0.6) is 0 Å². The number of halogens is 3. The van der Waals surface area contributed by atoms with Crippen molar-refractivity contribution in [2.24, 2.45) is 17.8 Å². The second-order valence-electron chi connectivity index (χ2n) is 8.73. The molecule has 1 aromatic rings. The molecule has 4 rings (SSSR count). The van der Waals surface area contributed by atoms with E-state index in [1.807, 2.05) is 23.1 Å². The first-order valence-corrected chi connectivity index (χ1v) is 10.6. The maximum Gasteiger partial charge on any atom is 0.390 e. The minimum atomic E-state index is -4.11. The third-order valence-corrected chi connectivity index (χ3v) is 6.83. The van der Waals surface area contributed by atoms with Gasteiger partial charge in [-0.25, -0.2) is 0 Å². The summed E-state index contributed by atoms with van der Waals surface area (Å²) in [6.45, 7) is 2.06.